The standard InChI is InChI=1S/C16H22N4O8/c1-7(22)4-19-10-12(17-15(28)18-13(10)26)20(16(2-3-16)14(19)27)5-8(23)11(25)9(24)6-21/h8-9,11,21,23-25H,2-6H2,1H3,(H2,17,18,26,28)/t8-,9+,11-/m0/s1. The molecular weight excluding hydrogens is 376 g/mol. The molecule has 1 aliphatic heterocycles. The predicted octanol–water partition coefficient (Wildman–Crippen LogP) is -3.59. The van der Waals surface area contributed by atoms with Crippen molar-refractivity contribution in [1.82, 2.24) is 9.97 Å². The number of nitrogens with one attached hydrogen (secondary N) is 2. The van der Waals surface area contributed by atoms with Crippen LogP contribution in [0.1, 0.15) is 19.8 Å². The Morgan fingerprint density at radius 1 is 1.14 bits per heavy atom. The van der Waals surface area contributed by atoms with E-state index in [4.69, 9.17) is 5.11 Å². The number of hydrogen-bond donors (Lipinski definition) is 6. The van der Waals surface area contributed by atoms with Crippen molar-refractivity contribution in [2.45, 2.75) is 43.6 Å². The molecule has 0 aromatic carbocycles. The molecule has 1 amide bonds. The molecule has 2 heterocycles. The van der Waals surface area contributed by atoms with Gasteiger partial charge in [-0.2, -0.15) is 0 Å². The highest BCUT2D eigenvalue weighted by atomic mass is 16.4. The number of nitrogens with zero attached hydrogens (tertiary/aromatic N) is 2. The lowest BCUT2D eigenvalue weighted by Gasteiger charge is -2.43. The number of H-pyrrole nitrogens is 2. The zero-order valence-corrected chi connectivity index (χ0v) is 15.1. The van der Waals surface area contributed by atoms with Crippen molar-refractivity contribution in [3.63, 3.8) is 0 Å². The van der Waals surface area contributed by atoms with Crippen molar-refractivity contribution in [1.29, 1.82) is 0 Å². The number of rotatable bonds is 7. The number of anilines is 2. The fraction of sp³-hybridized carbons (Fsp3) is 0.625. The van der Waals surface area contributed by atoms with Gasteiger partial charge in [0.1, 0.15) is 35.5 Å². The lowest BCUT2D eigenvalue weighted by molar-refractivity contribution is -0.124. The second-order valence-electron chi connectivity index (χ2n) is 7.15. The van der Waals surface area contributed by atoms with Gasteiger partial charge in [-0.15, -0.1) is 0 Å². The number of fused-ring (bicyclic) bond motifs is 1. The number of aromatic nitrogens is 2. The fourth-order valence-electron chi connectivity index (χ4n) is 3.50. The van der Waals surface area contributed by atoms with E-state index in [1.165, 1.54) is 11.8 Å². The van der Waals surface area contributed by atoms with Gasteiger partial charge in [-0.3, -0.25) is 29.3 Å². The molecule has 1 spiro atoms. The molecule has 154 valence electrons. The van der Waals surface area contributed by atoms with E-state index in [1.54, 1.807) is 0 Å². The Morgan fingerprint density at radius 2 is 1.79 bits per heavy atom. The van der Waals surface area contributed by atoms with Gasteiger partial charge < -0.3 is 25.3 Å². The average molecular weight is 398 g/mol. The van der Waals surface area contributed by atoms with E-state index in [0.29, 0.717) is 12.8 Å². The Balaban J connectivity index is 2.08. The molecule has 1 aromatic rings. The van der Waals surface area contributed by atoms with Crippen LogP contribution in [0.25, 0.3) is 0 Å². The summed E-state index contributed by atoms with van der Waals surface area (Å²) in [5.41, 5.74) is -3.13. The monoisotopic (exact) mass is 398 g/mol. The number of ketones is 1. The van der Waals surface area contributed by atoms with Crippen LogP contribution in [0.2, 0.25) is 0 Å². The van der Waals surface area contributed by atoms with Crippen LogP contribution in [0, 0.1) is 0 Å². The first-order valence-electron chi connectivity index (χ1n) is 8.73. The summed E-state index contributed by atoms with van der Waals surface area (Å²) in [5.74, 6) is -0.954. The van der Waals surface area contributed by atoms with Crippen LogP contribution < -0.4 is 21.0 Å². The molecule has 0 bridgehead atoms. The minimum atomic E-state index is -1.72. The van der Waals surface area contributed by atoms with Crippen LogP contribution in [0.4, 0.5) is 11.5 Å². The van der Waals surface area contributed by atoms with Crippen LogP contribution in [-0.2, 0) is 9.59 Å². The third-order valence-corrected chi connectivity index (χ3v) is 5.05. The highest BCUT2D eigenvalue weighted by molar-refractivity contribution is 6.11. The fourth-order valence-corrected chi connectivity index (χ4v) is 3.50. The van der Waals surface area contributed by atoms with Gasteiger partial charge in [0.15, 0.2) is 5.69 Å². The molecule has 1 fully saturated rings. The summed E-state index contributed by atoms with van der Waals surface area (Å²) in [5, 5.41) is 38.7. The van der Waals surface area contributed by atoms with Gasteiger partial charge >= 0.3 is 5.69 Å². The molecule has 1 saturated carbocycles. The number of amides is 1. The summed E-state index contributed by atoms with van der Waals surface area (Å²) in [6.45, 7) is -0.286. The number of β-amino-alcohol motifs (C(OH)–C–C–N with tert-alkyl or cyclic N) is 1. The van der Waals surface area contributed by atoms with E-state index in [1.807, 2.05) is 4.98 Å². The Bertz CT molecular complexity index is 905. The SMILES string of the molecule is CC(=O)CN1C(=O)C2(CC2)N(C[C@H](O)[C@H](O)[C@H](O)CO)c2[nH]c(=O)[nH]c(=O)c21. The largest absolute Gasteiger partial charge is 0.394 e. The van der Waals surface area contributed by atoms with Gasteiger partial charge in [0.25, 0.3) is 11.5 Å². The van der Waals surface area contributed by atoms with Gasteiger partial charge in [-0.25, -0.2) is 4.79 Å². The normalized spacial score (nSPS) is 20.7. The molecule has 1 aromatic heterocycles. The van der Waals surface area contributed by atoms with Crippen molar-refractivity contribution in [3.05, 3.63) is 20.8 Å². The summed E-state index contributed by atoms with van der Waals surface area (Å²) < 4.78 is 0. The number of aliphatic hydroxyl groups excluding tert-OH is 4. The molecule has 28 heavy (non-hydrogen) atoms. The Hall–Kier alpha value is -2.54. The molecule has 0 saturated heterocycles. The predicted molar refractivity (Wildman–Crippen MR) is 95.1 cm³/mol. The maximum Gasteiger partial charge on any atom is 0.327 e. The molecule has 12 nitrogen and oxygen atoms in total. The number of Topliss-reactive ketones (excluding diaryl/α,β-unsaturated/α-hetero) is 1. The highest BCUT2D eigenvalue weighted by Gasteiger charge is 2.61. The van der Waals surface area contributed by atoms with Gasteiger partial charge in [0, 0.05) is 6.54 Å². The molecule has 0 unspecified atom stereocenters. The average Bonchev–Trinajstić information content (AvgIpc) is 3.42. The third-order valence-electron chi connectivity index (χ3n) is 5.05. The van der Waals surface area contributed by atoms with Crippen molar-refractivity contribution in [2.75, 3.05) is 29.5 Å². The Labute approximate surface area is 158 Å². The van der Waals surface area contributed by atoms with Gasteiger partial charge in [0.05, 0.1) is 13.2 Å². The lowest BCUT2D eigenvalue weighted by Crippen LogP contribution is -2.61. The van der Waals surface area contributed by atoms with Crippen molar-refractivity contribution in [3.8, 4) is 0 Å². The topological polar surface area (TPSA) is 187 Å². The van der Waals surface area contributed by atoms with Crippen molar-refractivity contribution < 1.29 is 30.0 Å². The van der Waals surface area contributed by atoms with Crippen LogP contribution in [0.3, 0.4) is 0 Å². The van der Waals surface area contributed by atoms with Gasteiger partial charge in [-0.05, 0) is 19.8 Å². The van der Waals surface area contributed by atoms with E-state index in [-0.39, 0.29) is 23.8 Å². The summed E-state index contributed by atoms with van der Waals surface area (Å²) in [6.07, 6.45) is -4.23. The highest BCUT2D eigenvalue weighted by Crippen LogP contribution is 2.50. The molecular formula is C16H22N4O8. The van der Waals surface area contributed by atoms with E-state index in [0.717, 1.165) is 4.90 Å². The summed E-state index contributed by atoms with van der Waals surface area (Å²) >= 11 is 0. The molecule has 3 rings (SSSR count). The van der Waals surface area contributed by atoms with Crippen LogP contribution in [0.15, 0.2) is 9.59 Å². The number of hydrogen-bond acceptors (Lipinski definition) is 9. The zero-order chi connectivity index (χ0) is 20.8. The summed E-state index contributed by atoms with van der Waals surface area (Å²) in [4.78, 5) is 55.7. The van der Waals surface area contributed by atoms with Gasteiger partial charge in [0.2, 0.25) is 0 Å². The Kier molecular flexibility index (Phi) is 5.14. The zero-order valence-electron chi connectivity index (χ0n) is 15.1. The Morgan fingerprint density at radius 3 is 2.32 bits per heavy atom. The minimum absolute atomic E-state index is 0.0585. The lowest BCUT2D eigenvalue weighted by atomic mass is 10.0. The van der Waals surface area contributed by atoms with E-state index in [9.17, 15) is 34.5 Å². The summed E-state index contributed by atoms with van der Waals surface area (Å²) in [7, 11) is 0. The van der Waals surface area contributed by atoms with Crippen LogP contribution >= 0.6 is 0 Å². The quantitative estimate of drug-likeness (QED) is 0.270. The number of carbonyl (C=O) groups excluding carboxylic acids is 2. The van der Waals surface area contributed by atoms with Crippen molar-refractivity contribution in [2.24, 2.45) is 0 Å². The third kappa shape index (κ3) is 3.24. The van der Waals surface area contributed by atoms with E-state index < -0.39 is 54.2 Å². The second-order valence-corrected chi connectivity index (χ2v) is 7.15. The number of carbonyl (C=O) groups is 2. The minimum Gasteiger partial charge on any atom is -0.394 e. The van der Waals surface area contributed by atoms with E-state index >= 15 is 0 Å². The molecule has 3 atom stereocenters. The molecule has 6 N–H and O–H groups in total. The smallest absolute Gasteiger partial charge is 0.327 e. The van der Waals surface area contributed by atoms with Crippen LogP contribution in [0.5, 0.6) is 0 Å². The molecule has 0 radical (unpaired) electrons. The first kappa shape index (κ1) is 20.2. The number of aromatic amines is 2. The maximum atomic E-state index is 13.1. The number of aliphatic hydroxyl groups is 4. The molecule has 12 heteroatoms. The first-order valence-corrected chi connectivity index (χ1v) is 8.73. The van der Waals surface area contributed by atoms with Crippen molar-refractivity contribution >= 4 is 23.2 Å². The first-order chi connectivity index (χ1) is 13.1. The molecule has 1 aliphatic carbocycles. The second kappa shape index (κ2) is 7.13. The summed E-state index contributed by atoms with van der Waals surface area (Å²) in [6, 6.07) is 0. The van der Waals surface area contributed by atoms with Crippen LogP contribution in [-0.4, -0.2) is 85.6 Å². The molecule has 2 aliphatic rings. The van der Waals surface area contributed by atoms with Gasteiger partial charge in [-0.1, -0.05) is 0 Å². The van der Waals surface area contributed by atoms with E-state index in [2.05, 4.69) is 4.98 Å². The maximum absolute atomic E-state index is 13.1.